The van der Waals surface area contributed by atoms with Crippen LogP contribution in [0.15, 0.2) is 18.3 Å². The predicted molar refractivity (Wildman–Crippen MR) is 76.3 cm³/mol. The number of nitrogens with zero attached hydrogens (tertiary/aromatic N) is 2. The molecule has 1 aromatic rings. The molecule has 0 bridgehead atoms. The Bertz CT molecular complexity index is 426. The van der Waals surface area contributed by atoms with Gasteiger partial charge in [0.25, 0.3) is 0 Å². The van der Waals surface area contributed by atoms with E-state index in [0.717, 1.165) is 23.4 Å². The van der Waals surface area contributed by atoms with Crippen molar-refractivity contribution in [3.05, 3.63) is 23.9 Å². The number of halogens is 3. The van der Waals surface area contributed by atoms with E-state index in [-0.39, 0.29) is 25.0 Å². The van der Waals surface area contributed by atoms with E-state index in [4.69, 9.17) is 5.11 Å². The Morgan fingerprint density at radius 3 is 2.71 bits per heavy atom. The topological polar surface area (TPSA) is 48.4 Å². The van der Waals surface area contributed by atoms with Crippen molar-refractivity contribution >= 4 is 5.82 Å². The molecule has 0 fully saturated rings. The predicted octanol–water partition coefficient (Wildman–Crippen LogP) is 2.50. The summed E-state index contributed by atoms with van der Waals surface area (Å²) >= 11 is 0. The molecule has 21 heavy (non-hydrogen) atoms. The molecule has 1 heterocycles. The van der Waals surface area contributed by atoms with Gasteiger partial charge in [-0.15, -0.1) is 0 Å². The Morgan fingerprint density at radius 1 is 1.43 bits per heavy atom. The van der Waals surface area contributed by atoms with E-state index in [9.17, 15) is 13.2 Å². The van der Waals surface area contributed by atoms with Gasteiger partial charge in [0.2, 0.25) is 0 Å². The number of aliphatic hydroxyl groups is 1. The minimum atomic E-state index is -4.33. The van der Waals surface area contributed by atoms with Crippen LogP contribution >= 0.6 is 0 Å². The highest BCUT2D eigenvalue weighted by Gasteiger charge is 2.31. The van der Waals surface area contributed by atoms with Crippen molar-refractivity contribution in [1.82, 2.24) is 10.3 Å². The maximum absolute atomic E-state index is 12.6. The van der Waals surface area contributed by atoms with Crippen molar-refractivity contribution in [2.45, 2.75) is 32.5 Å². The zero-order valence-electron chi connectivity index (χ0n) is 12.3. The minimum absolute atomic E-state index is 0.0357. The van der Waals surface area contributed by atoms with Gasteiger partial charge in [-0.1, -0.05) is 6.92 Å². The lowest BCUT2D eigenvalue weighted by Gasteiger charge is -2.25. The van der Waals surface area contributed by atoms with Gasteiger partial charge in [0.1, 0.15) is 12.4 Å². The highest BCUT2D eigenvalue weighted by atomic mass is 19.4. The first-order chi connectivity index (χ1) is 9.87. The number of alkyl halides is 3. The second kappa shape index (κ2) is 8.19. The molecule has 1 aromatic heterocycles. The lowest BCUT2D eigenvalue weighted by Crippen LogP contribution is -2.37. The molecule has 0 spiro atoms. The standard InChI is InChI=1S/C14H22F3N3O/c1-3-5-18-11(2)12-4-6-19-13(9-12)20(7-8-21)10-14(15,16)17/h4,6,9,11,18,21H,3,5,7-8,10H2,1-2H3. The third-order valence-corrected chi connectivity index (χ3v) is 3.03. The van der Waals surface area contributed by atoms with Crippen molar-refractivity contribution in [1.29, 1.82) is 0 Å². The molecule has 1 unspecified atom stereocenters. The molecule has 2 N–H and O–H groups in total. The van der Waals surface area contributed by atoms with Gasteiger partial charge < -0.3 is 15.3 Å². The number of aliphatic hydroxyl groups excluding tert-OH is 1. The molecule has 1 rings (SSSR count). The first-order valence-corrected chi connectivity index (χ1v) is 6.99. The summed E-state index contributed by atoms with van der Waals surface area (Å²) in [7, 11) is 0. The van der Waals surface area contributed by atoms with Gasteiger partial charge in [-0.05, 0) is 37.6 Å². The summed E-state index contributed by atoms with van der Waals surface area (Å²) in [5, 5.41) is 12.2. The summed E-state index contributed by atoms with van der Waals surface area (Å²) in [5.41, 5.74) is 0.874. The van der Waals surface area contributed by atoms with Crippen LogP contribution in [0, 0.1) is 0 Å². The third kappa shape index (κ3) is 6.31. The highest BCUT2D eigenvalue weighted by Crippen LogP contribution is 2.22. The molecule has 0 aliphatic rings. The summed E-state index contributed by atoms with van der Waals surface area (Å²) in [6.45, 7) is 3.25. The summed E-state index contributed by atoms with van der Waals surface area (Å²) in [5.74, 6) is 0.226. The van der Waals surface area contributed by atoms with Crippen LogP contribution in [0.3, 0.4) is 0 Å². The van der Waals surface area contributed by atoms with Gasteiger partial charge in [-0.2, -0.15) is 13.2 Å². The molecule has 0 amide bonds. The van der Waals surface area contributed by atoms with Crippen LogP contribution in [0.25, 0.3) is 0 Å². The molecule has 0 saturated heterocycles. The fraction of sp³-hybridized carbons (Fsp3) is 0.643. The summed E-state index contributed by atoms with van der Waals surface area (Å²) in [4.78, 5) is 5.03. The normalized spacial score (nSPS) is 13.2. The Hall–Kier alpha value is -1.34. The summed E-state index contributed by atoms with van der Waals surface area (Å²) in [6.07, 6.45) is -1.86. The van der Waals surface area contributed by atoms with Crippen LogP contribution in [0.1, 0.15) is 31.9 Å². The number of pyridine rings is 1. The minimum Gasteiger partial charge on any atom is -0.395 e. The van der Waals surface area contributed by atoms with Gasteiger partial charge >= 0.3 is 6.18 Å². The van der Waals surface area contributed by atoms with Crippen molar-refractivity contribution < 1.29 is 18.3 Å². The van der Waals surface area contributed by atoms with Crippen LogP contribution in [0.4, 0.5) is 19.0 Å². The van der Waals surface area contributed by atoms with Gasteiger partial charge in [0.05, 0.1) is 6.61 Å². The van der Waals surface area contributed by atoms with Crippen LogP contribution in [-0.4, -0.2) is 42.5 Å². The van der Waals surface area contributed by atoms with E-state index in [0.29, 0.717) is 0 Å². The quantitative estimate of drug-likeness (QED) is 0.775. The molecule has 0 aliphatic heterocycles. The van der Waals surface area contributed by atoms with Crippen molar-refractivity contribution in [3.8, 4) is 0 Å². The van der Waals surface area contributed by atoms with E-state index in [1.165, 1.54) is 6.20 Å². The molecule has 0 aliphatic carbocycles. The van der Waals surface area contributed by atoms with Crippen LogP contribution in [0.2, 0.25) is 0 Å². The molecule has 0 saturated carbocycles. The average molecular weight is 305 g/mol. The first-order valence-electron chi connectivity index (χ1n) is 6.99. The average Bonchev–Trinajstić information content (AvgIpc) is 2.43. The largest absolute Gasteiger partial charge is 0.405 e. The number of aromatic nitrogens is 1. The van der Waals surface area contributed by atoms with Gasteiger partial charge in [0.15, 0.2) is 0 Å². The van der Waals surface area contributed by atoms with Crippen LogP contribution in [0.5, 0.6) is 0 Å². The lowest BCUT2D eigenvalue weighted by molar-refractivity contribution is -0.120. The Morgan fingerprint density at radius 2 is 2.14 bits per heavy atom. The fourth-order valence-corrected chi connectivity index (χ4v) is 1.97. The highest BCUT2D eigenvalue weighted by molar-refractivity contribution is 5.42. The number of hydrogen-bond acceptors (Lipinski definition) is 4. The number of nitrogens with one attached hydrogen (secondary N) is 1. The molecule has 0 radical (unpaired) electrons. The van der Waals surface area contributed by atoms with Crippen LogP contribution in [-0.2, 0) is 0 Å². The smallest absolute Gasteiger partial charge is 0.395 e. The van der Waals surface area contributed by atoms with Crippen molar-refractivity contribution in [2.24, 2.45) is 0 Å². The third-order valence-electron chi connectivity index (χ3n) is 3.03. The Balaban J connectivity index is 2.88. The second-order valence-electron chi connectivity index (χ2n) is 4.88. The van der Waals surface area contributed by atoms with E-state index < -0.39 is 12.7 Å². The maximum Gasteiger partial charge on any atom is 0.405 e. The Kier molecular flexibility index (Phi) is 6.91. The SMILES string of the molecule is CCCNC(C)c1ccnc(N(CCO)CC(F)(F)F)c1. The number of rotatable bonds is 8. The number of hydrogen-bond donors (Lipinski definition) is 2. The molecule has 120 valence electrons. The zero-order chi connectivity index (χ0) is 15.9. The Labute approximate surface area is 123 Å². The maximum atomic E-state index is 12.6. The zero-order valence-corrected chi connectivity index (χ0v) is 12.3. The van der Waals surface area contributed by atoms with Crippen molar-refractivity contribution in [2.75, 3.05) is 31.1 Å². The van der Waals surface area contributed by atoms with E-state index in [1.807, 2.05) is 13.8 Å². The van der Waals surface area contributed by atoms with E-state index in [2.05, 4.69) is 10.3 Å². The molecular weight excluding hydrogens is 283 g/mol. The lowest BCUT2D eigenvalue weighted by atomic mass is 10.1. The van der Waals surface area contributed by atoms with Gasteiger partial charge in [-0.3, -0.25) is 0 Å². The monoisotopic (exact) mass is 305 g/mol. The van der Waals surface area contributed by atoms with Gasteiger partial charge in [-0.25, -0.2) is 4.98 Å². The van der Waals surface area contributed by atoms with E-state index in [1.54, 1.807) is 12.1 Å². The molecule has 1 atom stereocenters. The number of anilines is 1. The van der Waals surface area contributed by atoms with Crippen LogP contribution < -0.4 is 10.2 Å². The molecule has 7 heteroatoms. The van der Waals surface area contributed by atoms with E-state index >= 15 is 0 Å². The fourth-order valence-electron chi connectivity index (χ4n) is 1.97. The summed E-state index contributed by atoms with van der Waals surface area (Å²) < 4.78 is 37.7. The second-order valence-corrected chi connectivity index (χ2v) is 4.88. The molecule has 4 nitrogen and oxygen atoms in total. The van der Waals surface area contributed by atoms with Gasteiger partial charge in [0, 0.05) is 18.8 Å². The molecule has 0 aromatic carbocycles. The first kappa shape index (κ1) is 17.7. The van der Waals surface area contributed by atoms with Crippen molar-refractivity contribution in [3.63, 3.8) is 0 Å². The molecular formula is C14H22F3N3O. The summed E-state index contributed by atoms with van der Waals surface area (Å²) in [6, 6.07) is 3.45.